The minimum absolute atomic E-state index is 0.0447. The number of hydrogen-bond acceptors (Lipinski definition) is 3. The van der Waals surface area contributed by atoms with Gasteiger partial charge < -0.3 is 15.1 Å². The Labute approximate surface area is 106 Å². The van der Waals surface area contributed by atoms with Crippen LogP contribution in [0, 0.1) is 0 Å². The van der Waals surface area contributed by atoms with Crippen LogP contribution in [0.2, 0.25) is 0 Å². The summed E-state index contributed by atoms with van der Waals surface area (Å²) in [5.41, 5.74) is 1.31. The summed E-state index contributed by atoms with van der Waals surface area (Å²) in [5.74, 6) is -0.0838. The van der Waals surface area contributed by atoms with Gasteiger partial charge in [0.25, 0.3) is 5.91 Å². The molecular weight excluding hydrogens is 230 g/mol. The molecule has 2 aliphatic rings. The maximum absolute atomic E-state index is 12.3. The van der Waals surface area contributed by atoms with Gasteiger partial charge in [-0.3, -0.25) is 4.79 Å². The van der Waals surface area contributed by atoms with E-state index in [1.807, 2.05) is 12.1 Å². The van der Waals surface area contributed by atoms with Crippen molar-refractivity contribution in [2.45, 2.75) is 44.1 Å². The van der Waals surface area contributed by atoms with Crippen molar-refractivity contribution in [1.82, 2.24) is 4.90 Å². The molecular formula is C14H17NO3. The van der Waals surface area contributed by atoms with Crippen LogP contribution in [0.15, 0.2) is 24.3 Å². The first-order valence-electron chi connectivity index (χ1n) is 6.46. The number of aliphatic hydroxyl groups excluding tert-OH is 2. The van der Waals surface area contributed by atoms with Crippen molar-refractivity contribution in [1.29, 1.82) is 0 Å². The zero-order valence-corrected chi connectivity index (χ0v) is 10.1. The standard InChI is InChI=1S/C14H17NO3/c16-10-7-5-9(6-8-10)15-13(17)11-3-1-2-4-12(11)14(15)18/h1-4,9-10,13,16-17H,5-8H2. The summed E-state index contributed by atoms with van der Waals surface area (Å²) in [4.78, 5) is 13.9. The summed E-state index contributed by atoms with van der Waals surface area (Å²) >= 11 is 0. The van der Waals surface area contributed by atoms with Gasteiger partial charge in [0.2, 0.25) is 0 Å². The van der Waals surface area contributed by atoms with E-state index in [1.54, 1.807) is 17.0 Å². The zero-order valence-electron chi connectivity index (χ0n) is 10.1. The second-order valence-corrected chi connectivity index (χ2v) is 5.14. The van der Waals surface area contributed by atoms with Gasteiger partial charge in [-0.05, 0) is 31.7 Å². The Morgan fingerprint density at radius 2 is 1.72 bits per heavy atom. The van der Waals surface area contributed by atoms with E-state index >= 15 is 0 Å². The summed E-state index contributed by atoms with van der Waals surface area (Å²) in [7, 11) is 0. The average molecular weight is 247 g/mol. The van der Waals surface area contributed by atoms with Gasteiger partial charge >= 0.3 is 0 Å². The van der Waals surface area contributed by atoms with Gasteiger partial charge in [0.15, 0.2) is 6.23 Å². The van der Waals surface area contributed by atoms with Crippen molar-refractivity contribution in [2.24, 2.45) is 0 Å². The van der Waals surface area contributed by atoms with Crippen molar-refractivity contribution in [3.8, 4) is 0 Å². The third-order valence-corrected chi connectivity index (χ3v) is 4.03. The van der Waals surface area contributed by atoms with E-state index in [0.29, 0.717) is 24.0 Å². The number of carbonyl (C=O) groups excluding carboxylic acids is 1. The van der Waals surface area contributed by atoms with Crippen LogP contribution in [-0.2, 0) is 0 Å². The predicted molar refractivity (Wildman–Crippen MR) is 65.8 cm³/mol. The lowest BCUT2D eigenvalue weighted by molar-refractivity contribution is -0.0208. The molecule has 1 fully saturated rings. The number of aliphatic hydroxyl groups is 2. The molecule has 1 heterocycles. The third kappa shape index (κ3) is 1.72. The van der Waals surface area contributed by atoms with Gasteiger partial charge in [-0.2, -0.15) is 0 Å². The van der Waals surface area contributed by atoms with Crippen LogP contribution >= 0.6 is 0 Å². The fraction of sp³-hybridized carbons (Fsp3) is 0.500. The first-order chi connectivity index (χ1) is 8.68. The van der Waals surface area contributed by atoms with Crippen molar-refractivity contribution in [3.05, 3.63) is 35.4 Å². The monoisotopic (exact) mass is 247 g/mol. The Morgan fingerprint density at radius 3 is 2.39 bits per heavy atom. The molecule has 0 aromatic heterocycles. The van der Waals surface area contributed by atoms with E-state index < -0.39 is 6.23 Å². The molecule has 1 aliphatic heterocycles. The average Bonchev–Trinajstić information content (AvgIpc) is 2.64. The van der Waals surface area contributed by atoms with E-state index in [-0.39, 0.29) is 18.1 Å². The molecule has 0 spiro atoms. The Balaban J connectivity index is 1.85. The highest BCUT2D eigenvalue weighted by Gasteiger charge is 2.40. The summed E-state index contributed by atoms with van der Waals surface area (Å²) in [5, 5.41) is 19.8. The van der Waals surface area contributed by atoms with E-state index in [1.165, 1.54) is 0 Å². The highest BCUT2D eigenvalue weighted by Crippen LogP contribution is 2.37. The number of hydrogen-bond donors (Lipinski definition) is 2. The lowest BCUT2D eigenvalue weighted by atomic mass is 9.92. The first kappa shape index (κ1) is 11.7. The van der Waals surface area contributed by atoms with Gasteiger partial charge in [-0.15, -0.1) is 0 Å². The molecule has 0 bridgehead atoms. The first-order valence-corrected chi connectivity index (χ1v) is 6.46. The molecule has 0 saturated heterocycles. The third-order valence-electron chi connectivity index (χ3n) is 4.03. The molecule has 0 radical (unpaired) electrons. The minimum Gasteiger partial charge on any atom is -0.393 e. The van der Waals surface area contributed by atoms with Crippen LogP contribution in [0.1, 0.15) is 47.8 Å². The van der Waals surface area contributed by atoms with Crippen LogP contribution in [-0.4, -0.2) is 33.2 Å². The van der Waals surface area contributed by atoms with Gasteiger partial charge in [-0.1, -0.05) is 18.2 Å². The number of fused-ring (bicyclic) bond motifs is 1. The van der Waals surface area contributed by atoms with E-state index in [9.17, 15) is 15.0 Å². The van der Waals surface area contributed by atoms with E-state index in [2.05, 4.69) is 0 Å². The Hall–Kier alpha value is -1.39. The molecule has 1 aromatic rings. The van der Waals surface area contributed by atoms with Gasteiger partial charge in [0.05, 0.1) is 6.10 Å². The Kier molecular flexibility index (Phi) is 2.84. The molecule has 1 aliphatic carbocycles. The van der Waals surface area contributed by atoms with E-state index in [4.69, 9.17) is 0 Å². The van der Waals surface area contributed by atoms with Gasteiger partial charge in [0, 0.05) is 17.2 Å². The SMILES string of the molecule is O=C1c2ccccc2C(O)N1C1CCC(O)CC1. The number of rotatable bonds is 1. The van der Waals surface area contributed by atoms with Crippen molar-refractivity contribution >= 4 is 5.91 Å². The summed E-state index contributed by atoms with van der Waals surface area (Å²) in [6, 6.07) is 7.26. The van der Waals surface area contributed by atoms with Crippen LogP contribution in [0.4, 0.5) is 0 Å². The van der Waals surface area contributed by atoms with Crippen molar-refractivity contribution < 1.29 is 15.0 Å². The maximum atomic E-state index is 12.3. The van der Waals surface area contributed by atoms with Crippen LogP contribution in [0.25, 0.3) is 0 Å². The molecule has 2 N–H and O–H groups in total. The highest BCUT2D eigenvalue weighted by molar-refractivity contribution is 5.99. The number of amides is 1. The molecule has 4 nitrogen and oxygen atoms in total. The maximum Gasteiger partial charge on any atom is 0.256 e. The molecule has 1 unspecified atom stereocenters. The van der Waals surface area contributed by atoms with E-state index in [0.717, 1.165) is 12.8 Å². The lowest BCUT2D eigenvalue weighted by Crippen LogP contribution is -2.41. The Bertz CT molecular complexity index is 466. The summed E-state index contributed by atoms with van der Waals surface area (Å²) in [6.45, 7) is 0. The fourth-order valence-electron chi connectivity index (χ4n) is 3.02. The van der Waals surface area contributed by atoms with Crippen molar-refractivity contribution in [3.63, 3.8) is 0 Å². The number of carbonyl (C=O) groups is 1. The second kappa shape index (κ2) is 4.37. The van der Waals surface area contributed by atoms with Crippen molar-refractivity contribution in [2.75, 3.05) is 0 Å². The van der Waals surface area contributed by atoms with Gasteiger partial charge in [0.1, 0.15) is 0 Å². The largest absolute Gasteiger partial charge is 0.393 e. The normalized spacial score (nSPS) is 31.6. The molecule has 18 heavy (non-hydrogen) atoms. The highest BCUT2D eigenvalue weighted by atomic mass is 16.3. The molecule has 1 saturated carbocycles. The summed E-state index contributed by atoms with van der Waals surface area (Å²) < 4.78 is 0. The minimum atomic E-state index is -0.825. The fourth-order valence-corrected chi connectivity index (χ4v) is 3.02. The molecule has 4 heteroatoms. The van der Waals surface area contributed by atoms with Gasteiger partial charge in [-0.25, -0.2) is 0 Å². The number of nitrogens with zero attached hydrogens (tertiary/aromatic N) is 1. The second-order valence-electron chi connectivity index (χ2n) is 5.14. The molecule has 1 aromatic carbocycles. The van der Waals surface area contributed by atoms with Crippen LogP contribution < -0.4 is 0 Å². The number of benzene rings is 1. The van der Waals surface area contributed by atoms with Crippen LogP contribution in [0.5, 0.6) is 0 Å². The molecule has 1 atom stereocenters. The lowest BCUT2D eigenvalue weighted by Gasteiger charge is -2.35. The summed E-state index contributed by atoms with van der Waals surface area (Å²) in [6.07, 6.45) is 1.86. The zero-order chi connectivity index (χ0) is 12.7. The molecule has 96 valence electrons. The molecule has 3 rings (SSSR count). The predicted octanol–water partition coefficient (Wildman–Crippen LogP) is 1.44. The smallest absolute Gasteiger partial charge is 0.256 e. The molecule has 1 amide bonds. The quantitative estimate of drug-likeness (QED) is 0.789. The van der Waals surface area contributed by atoms with Crippen LogP contribution in [0.3, 0.4) is 0 Å². The topological polar surface area (TPSA) is 60.8 Å². The Morgan fingerprint density at radius 1 is 1.06 bits per heavy atom.